The number of rotatable bonds is 8. The Kier molecular flexibility index (Phi) is 7.73. The molecule has 0 saturated carbocycles. The summed E-state index contributed by atoms with van der Waals surface area (Å²) < 4.78 is 5.64. The van der Waals surface area contributed by atoms with E-state index in [-0.39, 0.29) is 11.8 Å². The third-order valence-corrected chi connectivity index (χ3v) is 4.63. The fraction of sp³-hybridized carbons (Fsp3) is 0.125. The Labute approximate surface area is 185 Å². The monoisotopic (exact) mass is 433 g/mol. The Balaban J connectivity index is 1.78. The summed E-state index contributed by atoms with van der Waals surface area (Å²) in [4.78, 5) is 29.3. The van der Waals surface area contributed by atoms with Crippen molar-refractivity contribution in [1.29, 1.82) is 0 Å². The highest BCUT2D eigenvalue weighted by molar-refractivity contribution is 7.13. The van der Waals surface area contributed by atoms with Gasteiger partial charge in [0.15, 0.2) is 5.13 Å². The molecule has 2 amide bonds. The van der Waals surface area contributed by atoms with Gasteiger partial charge in [0.05, 0.1) is 6.10 Å². The summed E-state index contributed by atoms with van der Waals surface area (Å²) in [5.41, 5.74) is 1.74. The van der Waals surface area contributed by atoms with Crippen molar-refractivity contribution in [2.75, 3.05) is 5.32 Å². The number of carbonyl (C=O) groups is 2. The van der Waals surface area contributed by atoms with E-state index in [9.17, 15) is 9.59 Å². The van der Waals surface area contributed by atoms with Crippen LogP contribution in [0.1, 0.15) is 25.0 Å². The average molecular weight is 434 g/mol. The highest BCUT2D eigenvalue weighted by atomic mass is 32.1. The Morgan fingerprint density at radius 2 is 1.77 bits per heavy atom. The van der Waals surface area contributed by atoms with E-state index in [1.165, 1.54) is 17.4 Å². The topological polar surface area (TPSA) is 80.3 Å². The van der Waals surface area contributed by atoms with Gasteiger partial charge in [0.25, 0.3) is 5.91 Å². The SMILES string of the molecule is CC(C)Oc1ccc(/C=C(\NC(=O)/C=C/c2ccccc2)C(=O)Nc2nccs2)cc1. The first kappa shape index (κ1) is 22.0. The number of aromatic nitrogens is 1. The molecule has 0 aliphatic heterocycles. The lowest BCUT2D eigenvalue weighted by molar-refractivity contribution is -0.118. The molecule has 3 aromatic rings. The minimum Gasteiger partial charge on any atom is -0.491 e. The van der Waals surface area contributed by atoms with E-state index in [2.05, 4.69) is 15.6 Å². The normalized spacial score (nSPS) is 11.5. The molecule has 3 rings (SSSR count). The number of hydrogen-bond donors (Lipinski definition) is 2. The molecule has 0 spiro atoms. The van der Waals surface area contributed by atoms with Crippen LogP contribution in [0.25, 0.3) is 12.2 Å². The number of carbonyl (C=O) groups excluding carboxylic acids is 2. The summed E-state index contributed by atoms with van der Waals surface area (Å²) in [6.07, 6.45) is 6.34. The third kappa shape index (κ3) is 7.24. The Morgan fingerprint density at radius 1 is 1.03 bits per heavy atom. The zero-order valence-electron chi connectivity index (χ0n) is 17.2. The summed E-state index contributed by atoms with van der Waals surface area (Å²) in [6, 6.07) is 16.7. The lowest BCUT2D eigenvalue weighted by Crippen LogP contribution is -2.29. The molecule has 0 unspecified atom stereocenters. The molecule has 0 saturated heterocycles. The van der Waals surface area contributed by atoms with Crippen LogP contribution in [0.15, 0.2) is 77.9 Å². The zero-order valence-corrected chi connectivity index (χ0v) is 18.1. The molecule has 0 radical (unpaired) electrons. The molecule has 0 atom stereocenters. The molecule has 7 heteroatoms. The highest BCUT2D eigenvalue weighted by Gasteiger charge is 2.13. The highest BCUT2D eigenvalue weighted by Crippen LogP contribution is 2.17. The first-order chi connectivity index (χ1) is 15.0. The molecule has 2 aromatic carbocycles. The number of hydrogen-bond acceptors (Lipinski definition) is 5. The Hall–Kier alpha value is -3.71. The lowest BCUT2D eigenvalue weighted by Gasteiger charge is -2.10. The van der Waals surface area contributed by atoms with Crippen LogP contribution >= 0.6 is 11.3 Å². The molecule has 0 aliphatic rings. The smallest absolute Gasteiger partial charge is 0.273 e. The van der Waals surface area contributed by atoms with Gasteiger partial charge in [0, 0.05) is 17.7 Å². The van der Waals surface area contributed by atoms with Crippen LogP contribution in [0.5, 0.6) is 5.75 Å². The fourth-order valence-electron chi connectivity index (χ4n) is 2.60. The number of anilines is 1. The largest absolute Gasteiger partial charge is 0.491 e. The fourth-order valence-corrected chi connectivity index (χ4v) is 3.12. The van der Waals surface area contributed by atoms with Gasteiger partial charge in [-0.3, -0.25) is 14.9 Å². The van der Waals surface area contributed by atoms with Crippen LogP contribution < -0.4 is 15.4 Å². The van der Waals surface area contributed by atoms with Crippen LogP contribution in [0.3, 0.4) is 0 Å². The van der Waals surface area contributed by atoms with Gasteiger partial charge in [-0.2, -0.15) is 0 Å². The predicted molar refractivity (Wildman–Crippen MR) is 125 cm³/mol. The zero-order chi connectivity index (χ0) is 22.1. The van der Waals surface area contributed by atoms with Gasteiger partial charge in [-0.15, -0.1) is 11.3 Å². The summed E-state index contributed by atoms with van der Waals surface area (Å²) in [6.45, 7) is 3.90. The molecule has 0 fully saturated rings. The van der Waals surface area contributed by atoms with Gasteiger partial charge in [0.1, 0.15) is 11.4 Å². The van der Waals surface area contributed by atoms with E-state index in [0.717, 1.165) is 16.9 Å². The Bertz CT molecular complexity index is 1060. The molecule has 1 aromatic heterocycles. The first-order valence-corrected chi connectivity index (χ1v) is 10.6. The maximum atomic E-state index is 12.8. The molecular formula is C24H23N3O3S. The van der Waals surface area contributed by atoms with E-state index in [0.29, 0.717) is 5.13 Å². The summed E-state index contributed by atoms with van der Waals surface area (Å²) in [5.74, 6) is -0.140. The molecule has 0 bridgehead atoms. The van der Waals surface area contributed by atoms with E-state index >= 15 is 0 Å². The van der Waals surface area contributed by atoms with Crippen LogP contribution in [-0.2, 0) is 9.59 Å². The summed E-state index contributed by atoms with van der Waals surface area (Å²) in [5, 5.41) is 7.57. The molecule has 0 aliphatic carbocycles. The standard InChI is InChI=1S/C24H23N3O3S/c1-17(2)30-20-11-8-19(9-12-20)16-21(23(29)27-24-25-14-15-31-24)26-22(28)13-10-18-6-4-3-5-7-18/h3-17H,1-2H3,(H,26,28)(H,25,27,29)/b13-10+,21-16-. The minimum absolute atomic E-state index is 0.0664. The van der Waals surface area contributed by atoms with Gasteiger partial charge in [0.2, 0.25) is 5.91 Å². The van der Waals surface area contributed by atoms with Crippen molar-refractivity contribution in [3.63, 3.8) is 0 Å². The van der Waals surface area contributed by atoms with Crippen LogP contribution in [0.2, 0.25) is 0 Å². The number of benzene rings is 2. The van der Waals surface area contributed by atoms with Crippen molar-refractivity contribution in [3.05, 3.63) is 89.1 Å². The maximum absolute atomic E-state index is 12.8. The van der Waals surface area contributed by atoms with Crippen molar-refractivity contribution >= 4 is 40.4 Å². The second-order valence-corrected chi connectivity index (χ2v) is 7.71. The van der Waals surface area contributed by atoms with Gasteiger partial charge < -0.3 is 10.1 Å². The van der Waals surface area contributed by atoms with Crippen molar-refractivity contribution in [3.8, 4) is 5.75 Å². The van der Waals surface area contributed by atoms with E-state index < -0.39 is 11.8 Å². The number of nitrogens with one attached hydrogen (secondary N) is 2. The number of ether oxygens (including phenoxy) is 1. The number of nitrogens with zero attached hydrogens (tertiary/aromatic N) is 1. The summed E-state index contributed by atoms with van der Waals surface area (Å²) >= 11 is 1.30. The quantitative estimate of drug-likeness (QED) is 0.503. The second kappa shape index (κ2) is 10.9. The molecule has 158 valence electrons. The van der Waals surface area contributed by atoms with E-state index in [4.69, 9.17) is 4.74 Å². The van der Waals surface area contributed by atoms with Crippen molar-refractivity contribution in [2.45, 2.75) is 20.0 Å². The van der Waals surface area contributed by atoms with E-state index in [1.54, 1.807) is 23.7 Å². The van der Waals surface area contributed by atoms with E-state index in [1.807, 2.05) is 68.4 Å². The van der Waals surface area contributed by atoms with Gasteiger partial charge in [-0.05, 0) is 49.3 Å². The molecule has 6 nitrogen and oxygen atoms in total. The van der Waals surface area contributed by atoms with Crippen LogP contribution in [-0.4, -0.2) is 22.9 Å². The molecule has 31 heavy (non-hydrogen) atoms. The lowest BCUT2D eigenvalue weighted by atomic mass is 10.1. The number of amides is 2. The van der Waals surface area contributed by atoms with Crippen molar-refractivity contribution < 1.29 is 14.3 Å². The predicted octanol–water partition coefficient (Wildman–Crippen LogP) is 4.74. The van der Waals surface area contributed by atoms with Gasteiger partial charge in [-0.25, -0.2) is 4.98 Å². The molecule has 1 heterocycles. The van der Waals surface area contributed by atoms with Crippen molar-refractivity contribution in [1.82, 2.24) is 10.3 Å². The van der Waals surface area contributed by atoms with Crippen LogP contribution in [0.4, 0.5) is 5.13 Å². The van der Waals surface area contributed by atoms with Crippen molar-refractivity contribution in [2.24, 2.45) is 0 Å². The first-order valence-electron chi connectivity index (χ1n) is 9.73. The average Bonchev–Trinajstić information content (AvgIpc) is 3.26. The maximum Gasteiger partial charge on any atom is 0.273 e. The Morgan fingerprint density at radius 3 is 2.42 bits per heavy atom. The van der Waals surface area contributed by atoms with Crippen LogP contribution in [0, 0.1) is 0 Å². The third-order valence-electron chi connectivity index (χ3n) is 3.94. The molecular weight excluding hydrogens is 410 g/mol. The number of thiazole rings is 1. The summed E-state index contributed by atoms with van der Waals surface area (Å²) in [7, 11) is 0. The minimum atomic E-state index is -0.459. The van der Waals surface area contributed by atoms with Gasteiger partial charge in [-0.1, -0.05) is 42.5 Å². The van der Waals surface area contributed by atoms with Gasteiger partial charge >= 0.3 is 0 Å². The molecule has 2 N–H and O–H groups in total. The second-order valence-electron chi connectivity index (χ2n) is 6.82.